The number of fused-ring (bicyclic) bond motifs is 1. The van der Waals surface area contributed by atoms with Crippen LogP contribution in [0.2, 0.25) is 10.0 Å². The standard InChI is InChI=1S/C17H15Cl2NS/c1-20-16(11-6-13(18)9-14(19)7-11)8-12-10-21-17-5-3-2-4-15(12)17/h2-7,9-10,16,20H,8H2,1H3. The van der Waals surface area contributed by atoms with Crippen molar-refractivity contribution in [3.05, 3.63) is 69.0 Å². The molecular weight excluding hydrogens is 321 g/mol. The smallest absolute Gasteiger partial charge is 0.0424 e. The zero-order valence-corrected chi connectivity index (χ0v) is 13.9. The zero-order chi connectivity index (χ0) is 14.8. The molecule has 0 amide bonds. The van der Waals surface area contributed by atoms with Gasteiger partial charge in [-0.05, 0) is 59.6 Å². The summed E-state index contributed by atoms with van der Waals surface area (Å²) in [6.07, 6.45) is 0.914. The van der Waals surface area contributed by atoms with E-state index in [0.717, 1.165) is 12.0 Å². The van der Waals surface area contributed by atoms with Gasteiger partial charge in [0.2, 0.25) is 0 Å². The predicted molar refractivity (Wildman–Crippen MR) is 93.8 cm³/mol. The molecule has 1 unspecified atom stereocenters. The summed E-state index contributed by atoms with van der Waals surface area (Å²) in [6, 6.07) is 14.4. The lowest BCUT2D eigenvalue weighted by atomic mass is 9.98. The van der Waals surface area contributed by atoms with Crippen LogP contribution in [0.5, 0.6) is 0 Å². The minimum Gasteiger partial charge on any atom is -0.313 e. The fourth-order valence-electron chi connectivity index (χ4n) is 2.57. The molecule has 0 fully saturated rings. The first kappa shape index (κ1) is 14.9. The predicted octanol–water partition coefficient (Wildman–Crippen LogP) is 5.71. The maximum absolute atomic E-state index is 6.12. The molecular formula is C17H15Cl2NS. The average Bonchev–Trinajstić information content (AvgIpc) is 2.87. The van der Waals surface area contributed by atoms with Crippen LogP contribution in [-0.2, 0) is 6.42 Å². The number of thiophene rings is 1. The minimum atomic E-state index is 0.194. The van der Waals surface area contributed by atoms with Crippen molar-refractivity contribution in [1.82, 2.24) is 5.32 Å². The zero-order valence-electron chi connectivity index (χ0n) is 11.6. The summed E-state index contributed by atoms with van der Waals surface area (Å²) >= 11 is 14.0. The van der Waals surface area contributed by atoms with Crippen LogP contribution in [0.1, 0.15) is 17.2 Å². The van der Waals surface area contributed by atoms with Gasteiger partial charge in [-0.15, -0.1) is 11.3 Å². The quantitative estimate of drug-likeness (QED) is 0.643. The summed E-state index contributed by atoms with van der Waals surface area (Å²) in [5.41, 5.74) is 2.47. The van der Waals surface area contributed by atoms with Crippen LogP contribution in [0.25, 0.3) is 10.1 Å². The lowest BCUT2D eigenvalue weighted by Crippen LogP contribution is -2.18. The Kier molecular flexibility index (Phi) is 4.51. The van der Waals surface area contributed by atoms with E-state index in [4.69, 9.17) is 23.2 Å². The molecule has 3 aromatic rings. The topological polar surface area (TPSA) is 12.0 Å². The van der Waals surface area contributed by atoms with Gasteiger partial charge in [-0.2, -0.15) is 0 Å². The van der Waals surface area contributed by atoms with Crippen LogP contribution in [-0.4, -0.2) is 7.05 Å². The third kappa shape index (κ3) is 3.24. The van der Waals surface area contributed by atoms with E-state index in [2.05, 4.69) is 35.0 Å². The highest BCUT2D eigenvalue weighted by Crippen LogP contribution is 2.31. The van der Waals surface area contributed by atoms with Crippen molar-refractivity contribution >= 4 is 44.6 Å². The molecule has 4 heteroatoms. The Balaban J connectivity index is 1.94. The van der Waals surface area contributed by atoms with Gasteiger partial charge in [-0.25, -0.2) is 0 Å². The van der Waals surface area contributed by atoms with Crippen molar-refractivity contribution in [3.63, 3.8) is 0 Å². The van der Waals surface area contributed by atoms with Crippen LogP contribution in [0, 0.1) is 0 Å². The van der Waals surface area contributed by atoms with Gasteiger partial charge >= 0.3 is 0 Å². The van der Waals surface area contributed by atoms with E-state index < -0.39 is 0 Å². The number of nitrogens with one attached hydrogen (secondary N) is 1. The number of rotatable bonds is 4. The summed E-state index contributed by atoms with van der Waals surface area (Å²) in [4.78, 5) is 0. The molecule has 1 heterocycles. The van der Waals surface area contributed by atoms with Gasteiger partial charge in [-0.1, -0.05) is 41.4 Å². The van der Waals surface area contributed by atoms with Gasteiger partial charge in [0.05, 0.1) is 0 Å². The summed E-state index contributed by atoms with van der Waals surface area (Å²) in [6.45, 7) is 0. The van der Waals surface area contributed by atoms with Crippen molar-refractivity contribution in [1.29, 1.82) is 0 Å². The highest BCUT2D eigenvalue weighted by molar-refractivity contribution is 7.17. The molecule has 21 heavy (non-hydrogen) atoms. The molecule has 1 nitrogen and oxygen atoms in total. The van der Waals surface area contributed by atoms with E-state index in [1.807, 2.05) is 19.2 Å². The van der Waals surface area contributed by atoms with Gasteiger partial charge in [0, 0.05) is 20.8 Å². The molecule has 1 atom stereocenters. The van der Waals surface area contributed by atoms with Gasteiger partial charge in [0.15, 0.2) is 0 Å². The summed E-state index contributed by atoms with van der Waals surface area (Å²) in [7, 11) is 1.97. The number of hydrogen-bond acceptors (Lipinski definition) is 2. The number of halogens is 2. The van der Waals surface area contributed by atoms with Gasteiger partial charge < -0.3 is 5.32 Å². The lowest BCUT2D eigenvalue weighted by molar-refractivity contribution is 0.594. The molecule has 0 aliphatic heterocycles. The fourth-order valence-corrected chi connectivity index (χ4v) is 4.09. The molecule has 108 valence electrons. The molecule has 2 aromatic carbocycles. The van der Waals surface area contributed by atoms with Gasteiger partial charge in [0.1, 0.15) is 0 Å². The Labute approximate surface area is 138 Å². The second kappa shape index (κ2) is 6.37. The van der Waals surface area contributed by atoms with Crippen molar-refractivity contribution in [3.8, 4) is 0 Å². The van der Waals surface area contributed by atoms with Crippen molar-refractivity contribution in [2.75, 3.05) is 7.05 Å². The lowest BCUT2D eigenvalue weighted by Gasteiger charge is -2.17. The van der Waals surface area contributed by atoms with Crippen LogP contribution >= 0.6 is 34.5 Å². The largest absolute Gasteiger partial charge is 0.313 e. The van der Waals surface area contributed by atoms with E-state index >= 15 is 0 Å². The minimum absolute atomic E-state index is 0.194. The van der Waals surface area contributed by atoms with Crippen LogP contribution in [0.3, 0.4) is 0 Å². The van der Waals surface area contributed by atoms with Crippen LogP contribution < -0.4 is 5.32 Å². The molecule has 0 saturated carbocycles. The molecule has 0 bridgehead atoms. The SMILES string of the molecule is CNC(Cc1csc2ccccc12)c1cc(Cl)cc(Cl)c1. The molecule has 0 saturated heterocycles. The third-order valence-electron chi connectivity index (χ3n) is 3.62. The number of benzene rings is 2. The molecule has 1 aromatic heterocycles. The maximum Gasteiger partial charge on any atom is 0.0424 e. The first-order valence-electron chi connectivity index (χ1n) is 6.76. The number of likely N-dealkylation sites (N-methyl/N-ethyl adjacent to an activating group) is 1. The molecule has 0 aliphatic carbocycles. The average molecular weight is 336 g/mol. The third-order valence-corrected chi connectivity index (χ3v) is 5.07. The molecule has 0 aliphatic rings. The first-order valence-corrected chi connectivity index (χ1v) is 8.39. The first-order chi connectivity index (χ1) is 10.2. The number of hydrogen-bond donors (Lipinski definition) is 1. The van der Waals surface area contributed by atoms with Crippen molar-refractivity contribution in [2.45, 2.75) is 12.5 Å². The van der Waals surface area contributed by atoms with E-state index in [0.29, 0.717) is 10.0 Å². The fraction of sp³-hybridized carbons (Fsp3) is 0.176. The van der Waals surface area contributed by atoms with Crippen LogP contribution in [0.4, 0.5) is 0 Å². The normalized spacial score (nSPS) is 12.7. The molecule has 0 spiro atoms. The highest BCUT2D eigenvalue weighted by atomic mass is 35.5. The summed E-state index contributed by atoms with van der Waals surface area (Å²) in [5.74, 6) is 0. The molecule has 3 rings (SSSR count). The maximum atomic E-state index is 6.12. The highest BCUT2D eigenvalue weighted by Gasteiger charge is 2.14. The Hall–Kier alpha value is -1.06. The second-order valence-corrected chi connectivity index (χ2v) is 6.79. The van der Waals surface area contributed by atoms with E-state index in [1.54, 1.807) is 17.4 Å². The van der Waals surface area contributed by atoms with Crippen molar-refractivity contribution in [2.24, 2.45) is 0 Å². The van der Waals surface area contributed by atoms with Crippen molar-refractivity contribution < 1.29 is 0 Å². The Bertz CT molecular complexity index is 746. The monoisotopic (exact) mass is 335 g/mol. The van der Waals surface area contributed by atoms with E-state index in [9.17, 15) is 0 Å². The van der Waals surface area contributed by atoms with Gasteiger partial charge in [0.25, 0.3) is 0 Å². The second-order valence-electron chi connectivity index (χ2n) is 5.01. The van der Waals surface area contributed by atoms with E-state index in [-0.39, 0.29) is 6.04 Å². The van der Waals surface area contributed by atoms with Gasteiger partial charge in [-0.3, -0.25) is 0 Å². The van der Waals surface area contributed by atoms with Crippen LogP contribution in [0.15, 0.2) is 47.8 Å². The Morgan fingerprint density at radius 3 is 2.52 bits per heavy atom. The molecule has 0 radical (unpaired) electrons. The molecule has 1 N–H and O–H groups in total. The van der Waals surface area contributed by atoms with E-state index in [1.165, 1.54) is 15.6 Å². The summed E-state index contributed by atoms with van der Waals surface area (Å²) in [5, 5.41) is 8.28. The Morgan fingerprint density at radius 1 is 1.10 bits per heavy atom. The Morgan fingerprint density at radius 2 is 1.81 bits per heavy atom. The summed E-state index contributed by atoms with van der Waals surface area (Å²) < 4.78 is 1.33.